The summed E-state index contributed by atoms with van der Waals surface area (Å²) in [4.78, 5) is 10.5. The van der Waals surface area contributed by atoms with Gasteiger partial charge in [0, 0.05) is 24.4 Å². The van der Waals surface area contributed by atoms with E-state index in [2.05, 4.69) is 5.32 Å². The molecule has 0 aliphatic carbocycles. The number of rotatable bonds is 6. The van der Waals surface area contributed by atoms with Gasteiger partial charge in [0.15, 0.2) is 0 Å². The van der Waals surface area contributed by atoms with Crippen LogP contribution in [0, 0.1) is 10.1 Å². The maximum Gasteiger partial charge on any atom is 0.275 e. The fourth-order valence-corrected chi connectivity index (χ4v) is 2.02. The third-order valence-electron chi connectivity index (χ3n) is 2.89. The Morgan fingerprint density at radius 2 is 2.24 bits per heavy atom. The van der Waals surface area contributed by atoms with Gasteiger partial charge in [-0.3, -0.25) is 10.1 Å². The minimum atomic E-state index is -0.432. The minimum Gasteiger partial charge on any atom is -0.491 e. The molecule has 116 valence electrons. The summed E-state index contributed by atoms with van der Waals surface area (Å²) in [5, 5.41) is 14.1. The van der Waals surface area contributed by atoms with Crippen LogP contribution < -0.4 is 10.1 Å². The van der Waals surface area contributed by atoms with E-state index in [-0.39, 0.29) is 17.9 Å². The quantitative estimate of drug-likeness (QED) is 0.640. The molecule has 0 aromatic heterocycles. The summed E-state index contributed by atoms with van der Waals surface area (Å²) in [6.45, 7) is 5.99. The van der Waals surface area contributed by atoms with Gasteiger partial charge in [0.25, 0.3) is 5.69 Å². The molecule has 1 heterocycles. The maximum absolute atomic E-state index is 11.0. The van der Waals surface area contributed by atoms with E-state index in [1.54, 1.807) is 6.07 Å². The molecule has 21 heavy (non-hydrogen) atoms. The largest absolute Gasteiger partial charge is 0.491 e. The molecule has 1 aromatic rings. The molecule has 2 rings (SSSR count). The van der Waals surface area contributed by atoms with E-state index >= 15 is 0 Å². The average Bonchev–Trinajstić information content (AvgIpc) is 2.45. The molecule has 1 aliphatic heterocycles. The molecule has 7 nitrogen and oxygen atoms in total. The first-order valence-electron chi connectivity index (χ1n) is 6.94. The Morgan fingerprint density at radius 3 is 2.86 bits per heavy atom. The number of nitrogens with one attached hydrogen (secondary N) is 1. The number of nitrogens with zero attached hydrogens (tertiary/aromatic N) is 1. The van der Waals surface area contributed by atoms with Crippen LogP contribution in [0.15, 0.2) is 18.2 Å². The van der Waals surface area contributed by atoms with Gasteiger partial charge in [-0.1, -0.05) is 0 Å². The smallest absolute Gasteiger partial charge is 0.275 e. The molecule has 0 amide bonds. The second-order valence-electron chi connectivity index (χ2n) is 5.09. The van der Waals surface area contributed by atoms with Crippen molar-refractivity contribution >= 4 is 11.4 Å². The first-order chi connectivity index (χ1) is 10.0. The van der Waals surface area contributed by atoms with Gasteiger partial charge in [0.1, 0.15) is 5.75 Å². The highest BCUT2D eigenvalue weighted by Crippen LogP contribution is 2.26. The number of nitro groups is 1. The molecule has 1 aliphatic rings. The van der Waals surface area contributed by atoms with Crippen molar-refractivity contribution in [3.8, 4) is 5.75 Å². The van der Waals surface area contributed by atoms with Gasteiger partial charge < -0.3 is 19.5 Å². The summed E-state index contributed by atoms with van der Waals surface area (Å²) >= 11 is 0. The lowest BCUT2D eigenvalue weighted by Crippen LogP contribution is -2.34. The molecule has 0 spiro atoms. The van der Waals surface area contributed by atoms with Crippen molar-refractivity contribution in [2.24, 2.45) is 0 Å². The number of ether oxygens (including phenoxy) is 3. The molecule has 0 saturated carbocycles. The van der Waals surface area contributed by atoms with Gasteiger partial charge in [-0.05, 0) is 13.8 Å². The summed E-state index contributed by atoms with van der Waals surface area (Å²) in [6.07, 6.45) is -0.0950. The Morgan fingerprint density at radius 1 is 1.43 bits per heavy atom. The molecule has 1 unspecified atom stereocenters. The van der Waals surface area contributed by atoms with Crippen LogP contribution in [0.2, 0.25) is 0 Å². The lowest BCUT2D eigenvalue weighted by atomic mass is 10.2. The van der Waals surface area contributed by atoms with Crippen molar-refractivity contribution in [3.63, 3.8) is 0 Å². The molecule has 7 heteroatoms. The van der Waals surface area contributed by atoms with Crippen LogP contribution >= 0.6 is 0 Å². The third-order valence-corrected chi connectivity index (χ3v) is 2.89. The third kappa shape index (κ3) is 4.87. The molecule has 1 N–H and O–H groups in total. The highest BCUT2D eigenvalue weighted by molar-refractivity contribution is 5.56. The van der Waals surface area contributed by atoms with E-state index in [1.165, 1.54) is 12.1 Å². The van der Waals surface area contributed by atoms with E-state index in [0.29, 0.717) is 37.8 Å². The highest BCUT2D eigenvalue weighted by Gasteiger charge is 2.16. The van der Waals surface area contributed by atoms with Crippen LogP contribution in [0.1, 0.15) is 13.8 Å². The van der Waals surface area contributed by atoms with Crippen molar-refractivity contribution in [1.29, 1.82) is 0 Å². The predicted molar refractivity (Wildman–Crippen MR) is 77.9 cm³/mol. The SMILES string of the molecule is CC(C)Oc1cc(NCC2COCCO2)cc([N+](=O)[O-])c1. The van der Waals surface area contributed by atoms with E-state index in [1.807, 2.05) is 13.8 Å². The van der Waals surface area contributed by atoms with Gasteiger partial charge in [-0.25, -0.2) is 0 Å². The van der Waals surface area contributed by atoms with E-state index < -0.39 is 4.92 Å². The Bertz CT molecular complexity index is 486. The molecule has 1 atom stereocenters. The van der Waals surface area contributed by atoms with E-state index in [0.717, 1.165) is 0 Å². The second-order valence-corrected chi connectivity index (χ2v) is 5.09. The summed E-state index contributed by atoms with van der Waals surface area (Å²) in [5.41, 5.74) is 0.630. The molecular formula is C14H20N2O5. The van der Waals surface area contributed by atoms with Gasteiger partial charge in [0.2, 0.25) is 0 Å². The number of hydrogen-bond acceptors (Lipinski definition) is 6. The lowest BCUT2D eigenvalue weighted by molar-refractivity contribution is -0.384. The highest BCUT2D eigenvalue weighted by atomic mass is 16.6. The maximum atomic E-state index is 11.0. The van der Waals surface area contributed by atoms with Crippen molar-refractivity contribution < 1.29 is 19.1 Å². The van der Waals surface area contributed by atoms with Gasteiger partial charge >= 0.3 is 0 Å². The Hall–Kier alpha value is -1.86. The van der Waals surface area contributed by atoms with Crippen molar-refractivity contribution in [1.82, 2.24) is 0 Å². The molecule has 1 saturated heterocycles. The standard InChI is InChI=1S/C14H20N2O5/c1-10(2)21-13-6-11(5-12(7-13)16(17)18)15-8-14-9-19-3-4-20-14/h5-7,10,14-15H,3-4,8-9H2,1-2H3. The summed E-state index contributed by atoms with van der Waals surface area (Å²) in [6, 6.07) is 4.65. The van der Waals surface area contributed by atoms with E-state index in [4.69, 9.17) is 14.2 Å². The van der Waals surface area contributed by atoms with Crippen LogP contribution in [0.3, 0.4) is 0 Å². The number of non-ortho nitro benzene ring substituents is 1. The zero-order chi connectivity index (χ0) is 15.2. The molecule has 1 fully saturated rings. The summed E-state index contributed by atoms with van der Waals surface area (Å²) in [5.74, 6) is 0.475. The average molecular weight is 296 g/mol. The van der Waals surface area contributed by atoms with Gasteiger partial charge in [-0.2, -0.15) is 0 Å². The lowest BCUT2D eigenvalue weighted by Gasteiger charge is -2.23. The number of nitro benzene ring substituents is 1. The fourth-order valence-electron chi connectivity index (χ4n) is 2.02. The van der Waals surface area contributed by atoms with Crippen LogP contribution in [0.5, 0.6) is 5.75 Å². The monoisotopic (exact) mass is 296 g/mol. The Balaban J connectivity index is 2.05. The van der Waals surface area contributed by atoms with Crippen LogP contribution in [-0.4, -0.2) is 43.5 Å². The zero-order valence-electron chi connectivity index (χ0n) is 12.2. The summed E-state index contributed by atoms with van der Waals surface area (Å²) in [7, 11) is 0. The van der Waals surface area contributed by atoms with Crippen LogP contribution in [-0.2, 0) is 9.47 Å². The van der Waals surface area contributed by atoms with Crippen molar-refractivity contribution in [2.45, 2.75) is 26.1 Å². The van der Waals surface area contributed by atoms with Crippen molar-refractivity contribution in [3.05, 3.63) is 28.3 Å². The van der Waals surface area contributed by atoms with Gasteiger partial charge in [0.05, 0.1) is 43.0 Å². The van der Waals surface area contributed by atoms with Crippen molar-refractivity contribution in [2.75, 3.05) is 31.7 Å². The topological polar surface area (TPSA) is 82.9 Å². The first-order valence-corrected chi connectivity index (χ1v) is 6.94. The zero-order valence-corrected chi connectivity index (χ0v) is 12.2. The normalized spacial score (nSPS) is 18.5. The Labute approximate surface area is 123 Å². The number of benzene rings is 1. The molecule has 0 bridgehead atoms. The molecule has 0 radical (unpaired) electrons. The first kappa shape index (κ1) is 15.5. The van der Waals surface area contributed by atoms with Gasteiger partial charge in [-0.15, -0.1) is 0 Å². The molecule has 1 aromatic carbocycles. The minimum absolute atomic E-state index is 0.00328. The fraction of sp³-hybridized carbons (Fsp3) is 0.571. The summed E-state index contributed by atoms with van der Waals surface area (Å²) < 4.78 is 16.4. The predicted octanol–water partition coefficient (Wildman–Crippen LogP) is 2.21. The number of hydrogen-bond donors (Lipinski definition) is 1. The molecular weight excluding hydrogens is 276 g/mol. The number of anilines is 1. The van der Waals surface area contributed by atoms with Crippen LogP contribution in [0.4, 0.5) is 11.4 Å². The van der Waals surface area contributed by atoms with E-state index in [9.17, 15) is 10.1 Å². The van der Waals surface area contributed by atoms with Crippen LogP contribution in [0.25, 0.3) is 0 Å². The second kappa shape index (κ2) is 7.24. The Kier molecular flexibility index (Phi) is 5.35.